The highest BCUT2D eigenvalue weighted by Gasteiger charge is 2.19. The summed E-state index contributed by atoms with van der Waals surface area (Å²) in [5.41, 5.74) is 0. The lowest BCUT2D eigenvalue weighted by Gasteiger charge is -2.18. The molecule has 0 aromatic carbocycles. The molecule has 0 aliphatic carbocycles. The molecule has 0 aliphatic heterocycles. The number of rotatable bonds is 46. The first-order valence-electron chi connectivity index (χ1n) is 25.6. The van der Waals surface area contributed by atoms with Gasteiger partial charge < -0.3 is 14.2 Å². The molecule has 0 saturated carbocycles. The van der Waals surface area contributed by atoms with Crippen LogP contribution in [0.3, 0.4) is 0 Å². The van der Waals surface area contributed by atoms with Gasteiger partial charge in [0.15, 0.2) is 6.10 Å². The summed E-state index contributed by atoms with van der Waals surface area (Å²) in [6.07, 6.45) is 58.3. The summed E-state index contributed by atoms with van der Waals surface area (Å²) < 4.78 is 16.7. The zero-order chi connectivity index (χ0) is 43.7. The van der Waals surface area contributed by atoms with Crippen molar-refractivity contribution in [2.45, 2.75) is 264 Å². The molecule has 0 heterocycles. The molecule has 348 valence electrons. The molecule has 1 unspecified atom stereocenters. The van der Waals surface area contributed by atoms with Gasteiger partial charge in [0.25, 0.3) is 0 Å². The van der Waals surface area contributed by atoms with Gasteiger partial charge in [-0.25, -0.2) is 0 Å². The Morgan fingerprint density at radius 2 is 0.650 bits per heavy atom. The minimum Gasteiger partial charge on any atom is -0.462 e. The third-order valence-corrected chi connectivity index (χ3v) is 11.1. The van der Waals surface area contributed by atoms with Crippen molar-refractivity contribution in [3.63, 3.8) is 0 Å². The molecule has 0 fully saturated rings. The second kappa shape index (κ2) is 49.0. The number of unbranched alkanes of at least 4 members (excludes halogenated alkanes) is 27. The van der Waals surface area contributed by atoms with Crippen LogP contribution in [0, 0.1) is 0 Å². The highest BCUT2D eigenvalue weighted by atomic mass is 16.6. The molecule has 0 radical (unpaired) electrons. The maximum Gasteiger partial charge on any atom is 0.306 e. The number of esters is 3. The maximum absolute atomic E-state index is 12.7. The average molecular weight is 841 g/mol. The monoisotopic (exact) mass is 841 g/mol. The van der Waals surface area contributed by atoms with Crippen LogP contribution in [-0.2, 0) is 28.6 Å². The summed E-state index contributed by atoms with van der Waals surface area (Å²) in [4.78, 5) is 37.9. The van der Waals surface area contributed by atoms with E-state index in [1.807, 2.05) is 12.2 Å². The van der Waals surface area contributed by atoms with Gasteiger partial charge in [-0.05, 0) is 44.9 Å². The van der Waals surface area contributed by atoms with Crippen LogP contribution in [0.5, 0.6) is 0 Å². The van der Waals surface area contributed by atoms with E-state index in [1.165, 1.54) is 148 Å². The van der Waals surface area contributed by atoms with E-state index in [9.17, 15) is 14.4 Å². The summed E-state index contributed by atoms with van der Waals surface area (Å²) >= 11 is 0. The first-order valence-corrected chi connectivity index (χ1v) is 25.6. The molecule has 6 heteroatoms. The third-order valence-electron chi connectivity index (χ3n) is 11.1. The highest BCUT2D eigenvalue weighted by molar-refractivity contribution is 5.71. The van der Waals surface area contributed by atoms with E-state index in [4.69, 9.17) is 14.2 Å². The Morgan fingerprint density at radius 1 is 0.350 bits per heavy atom. The van der Waals surface area contributed by atoms with Gasteiger partial charge in [0.1, 0.15) is 13.2 Å². The minimum atomic E-state index is -0.805. The van der Waals surface area contributed by atoms with E-state index in [2.05, 4.69) is 57.2 Å². The van der Waals surface area contributed by atoms with Gasteiger partial charge in [-0.3, -0.25) is 14.4 Å². The number of ether oxygens (including phenoxy) is 3. The lowest BCUT2D eigenvalue weighted by atomic mass is 10.0. The van der Waals surface area contributed by atoms with E-state index >= 15 is 0 Å². The standard InChI is InChI=1S/C54H96O6/c1-4-7-10-13-16-19-22-25-26-27-28-30-32-35-38-41-44-47-53(56)59-50-51(49-58-52(55)46-43-40-37-34-31-24-21-18-15-12-9-6-3)60-54(57)48-45-42-39-36-33-29-23-20-17-14-11-8-5-2/h8,11,17,20,29,33,39,42,51H,4-7,9-10,12-16,18-19,21-28,30-32,34-38,40-41,43-50H2,1-3H3/b11-8-,20-17-,33-29-,42-39-. The van der Waals surface area contributed by atoms with E-state index in [0.29, 0.717) is 19.3 Å². The van der Waals surface area contributed by atoms with Crippen LogP contribution in [0.1, 0.15) is 258 Å². The molecular weight excluding hydrogens is 745 g/mol. The van der Waals surface area contributed by atoms with Gasteiger partial charge in [0.2, 0.25) is 0 Å². The van der Waals surface area contributed by atoms with Gasteiger partial charge in [0.05, 0.1) is 0 Å². The molecule has 0 bridgehead atoms. The smallest absolute Gasteiger partial charge is 0.306 e. The molecule has 0 aliphatic rings. The average Bonchev–Trinajstić information content (AvgIpc) is 3.24. The molecule has 0 aromatic rings. The second-order valence-electron chi connectivity index (χ2n) is 17.1. The Bertz CT molecular complexity index is 1060. The number of hydrogen-bond acceptors (Lipinski definition) is 6. The topological polar surface area (TPSA) is 78.9 Å². The largest absolute Gasteiger partial charge is 0.462 e. The van der Waals surface area contributed by atoms with Crippen LogP contribution >= 0.6 is 0 Å². The molecule has 6 nitrogen and oxygen atoms in total. The predicted octanol–water partition coefficient (Wildman–Crippen LogP) is 16.7. The Hall–Kier alpha value is -2.63. The molecule has 60 heavy (non-hydrogen) atoms. The fraction of sp³-hybridized carbons (Fsp3) is 0.796. The summed E-state index contributed by atoms with van der Waals surface area (Å²) in [6, 6.07) is 0. The molecule has 0 aromatic heterocycles. The minimum absolute atomic E-state index is 0.0978. The Morgan fingerprint density at radius 3 is 0.983 bits per heavy atom. The van der Waals surface area contributed by atoms with Crippen molar-refractivity contribution in [2.24, 2.45) is 0 Å². The van der Waals surface area contributed by atoms with Gasteiger partial charge >= 0.3 is 17.9 Å². The molecule has 1 atom stereocenters. The molecule has 0 amide bonds. The SMILES string of the molecule is CC/C=C\C/C=C\C/C=C\C/C=C\CCC(=O)OC(COC(=O)CCCCCCCCCCCCCC)COC(=O)CCCCCCCCCCCCCCCCCCC. The van der Waals surface area contributed by atoms with Gasteiger partial charge in [-0.15, -0.1) is 0 Å². The van der Waals surface area contributed by atoms with Crippen LogP contribution in [0.15, 0.2) is 48.6 Å². The number of allylic oxidation sites excluding steroid dienone is 8. The molecule has 0 rings (SSSR count). The van der Waals surface area contributed by atoms with Crippen LogP contribution in [0.25, 0.3) is 0 Å². The summed E-state index contributed by atoms with van der Waals surface area (Å²) in [5.74, 6) is -0.971. The normalized spacial score (nSPS) is 12.4. The zero-order valence-electron chi connectivity index (χ0n) is 39.7. The summed E-state index contributed by atoms with van der Waals surface area (Å²) in [6.45, 7) is 6.48. The highest BCUT2D eigenvalue weighted by Crippen LogP contribution is 2.16. The predicted molar refractivity (Wildman–Crippen MR) is 256 cm³/mol. The van der Waals surface area contributed by atoms with Crippen molar-refractivity contribution in [1.82, 2.24) is 0 Å². The van der Waals surface area contributed by atoms with Crippen molar-refractivity contribution in [3.8, 4) is 0 Å². The number of hydrogen-bond donors (Lipinski definition) is 0. The fourth-order valence-corrected chi connectivity index (χ4v) is 7.28. The van der Waals surface area contributed by atoms with Gasteiger partial charge in [-0.2, -0.15) is 0 Å². The quantitative estimate of drug-likeness (QED) is 0.0263. The molecule has 0 saturated heterocycles. The van der Waals surface area contributed by atoms with Crippen molar-refractivity contribution in [2.75, 3.05) is 13.2 Å². The number of carbonyl (C=O) groups excluding carboxylic acids is 3. The third kappa shape index (κ3) is 46.4. The van der Waals surface area contributed by atoms with E-state index in [1.54, 1.807) is 0 Å². The Kier molecular flexibility index (Phi) is 46.9. The van der Waals surface area contributed by atoms with E-state index in [0.717, 1.165) is 64.2 Å². The number of carbonyl (C=O) groups is 3. The Labute approximate surface area is 371 Å². The lowest BCUT2D eigenvalue weighted by Crippen LogP contribution is -2.30. The zero-order valence-corrected chi connectivity index (χ0v) is 39.7. The van der Waals surface area contributed by atoms with Crippen LogP contribution in [-0.4, -0.2) is 37.2 Å². The van der Waals surface area contributed by atoms with E-state index in [-0.39, 0.29) is 37.5 Å². The summed E-state index contributed by atoms with van der Waals surface area (Å²) in [7, 11) is 0. The molecule has 0 N–H and O–H groups in total. The van der Waals surface area contributed by atoms with Crippen LogP contribution in [0.4, 0.5) is 0 Å². The van der Waals surface area contributed by atoms with Crippen molar-refractivity contribution in [1.29, 1.82) is 0 Å². The lowest BCUT2D eigenvalue weighted by molar-refractivity contribution is -0.166. The van der Waals surface area contributed by atoms with E-state index < -0.39 is 6.10 Å². The van der Waals surface area contributed by atoms with Crippen molar-refractivity contribution in [3.05, 3.63) is 48.6 Å². The van der Waals surface area contributed by atoms with Gasteiger partial charge in [-0.1, -0.05) is 243 Å². The molecular formula is C54H96O6. The maximum atomic E-state index is 12.7. The van der Waals surface area contributed by atoms with Crippen LogP contribution in [0.2, 0.25) is 0 Å². The van der Waals surface area contributed by atoms with Crippen molar-refractivity contribution >= 4 is 17.9 Å². The summed E-state index contributed by atoms with van der Waals surface area (Å²) in [5, 5.41) is 0. The first kappa shape index (κ1) is 57.4. The Balaban J connectivity index is 4.39. The van der Waals surface area contributed by atoms with Crippen molar-refractivity contribution < 1.29 is 28.6 Å². The first-order chi connectivity index (χ1) is 29.5. The molecule has 0 spiro atoms. The second-order valence-corrected chi connectivity index (χ2v) is 17.1. The fourth-order valence-electron chi connectivity index (χ4n) is 7.28. The van der Waals surface area contributed by atoms with Gasteiger partial charge in [0, 0.05) is 19.3 Å². The van der Waals surface area contributed by atoms with Crippen LogP contribution < -0.4 is 0 Å².